The van der Waals surface area contributed by atoms with Gasteiger partial charge in [-0.15, -0.1) is 0 Å². The number of fused-ring (bicyclic) bond motifs is 1. The van der Waals surface area contributed by atoms with Crippen molar-refractivity contribution in [1.82, 2.24) is 15.3 Å². The third kappa shape index (κ3) is 5.15. The maximum atomic E-state index is 12.3. The van der Waals surface area contributed by atoms with Crippen molar-refractivity contribution in [3.05, 3.63) is 90.8 Å². The van der Waals surface area contributed by atoms with Gasteiger partial charge in [-0.25, -0.2) is 4.98 Å². The zero-order valence-corrected chi connectivity index (χ0v) is 17.1. The van der Waals surface area contributed by atoms with Crippen LogP contribution in [0, 0.1) is 0 Å². The zero-order valence-electron chi connectivity index (χ0n) is 16.3. The Morgan fingerprint density at radius 3 is 2.57 bits per heavy atom. The molecule has 5 nitrogen and oxygen atoms in total. The molecular formula is C24H21N3O2S. The molecule has 0 aliphatic heterocycles. The summed E-state index contributed by atoms with van der Waals surface area (Å²) in [7, 11) is 0. The summed E-state index contributed by atoms with van der Waals surface area (Å²) < 4.78 is 5.86. The van der Waals surface area contributed by atoms with E-state index in [-0.39, 0.29) is 5.91 Å². The molecule has 2 aromatic heterocycles. The van der Waals surface area contributed by atoms with Crippen molar-refractivity contribution < 1.29 is 9.53 Å². The van der Waals surface area contributed by atoms with Crippen molar-refractivity contribution >= 4 is 28.6 Å². The number of aromatic nitrogens is 2. The van der Waals surface area contributed by atoms with Crippen LogP contribution in [0.3, 0.4) is 0 Å². The summed E-state index contributed by atoms with van der Waals surface area (Å²) in [5, 5.41) is 4.91. The largest absolute Gasteiger partial charge is 0.491 e. The minimum Gasteiger partial charge on any atom is -0.491 e. The van der Waals surface area contributed by atoms with Crippen molar-refractivity contribution in [2.45, 2.75) is 16.3 Å². The fourth-order valence-electron chi connectivity index (χ4n) is 2.95. The molecule has 30 heavy (non-hydrogen) atoms. The fraction of sp³-hybridized carbons (Fsp3) is 0.125. The molecule has 0 aliphatic rings. The number of pyridine rings is 2. The Labute approximate surface area is 179 Å². The van der Waals surface area contributed by atoms with Gasteiger partial charge in [0.15, 0.2) is 0 Å². The lowest BCUT2D eigenvalue weighted by Crippen LogP contribution is -2.25. The smallest absolute Gasteiger partial charge is 0.251 e. The standard InChI is InChI=1S/C24H21N3O2S/c28-24(19-10-12-20(13-11-19)30-22-9-1-2-14-25-22)27-16-5-17-29-21-8-3-6-18-7-4-15-26-23(18)21/h1-4,6-15H,5,16-17H2,(H,27,28). The first-order chi connectivity index (χ1) is 14.8. The number of rotatable bonds is 8. The number of para-hydroxylation sites is 1. The van der Waals surface area contributed by atoms with E-state index in [0.717, 1.165) is 26.6 Å². The number of carbonyl (C=O) groups excluding carboxylic acids is 1. The van der Waals surface area contributed by atoms with Gasteiger partial charge in [0.1, 0.15) is 16.3 Å². The van der Waals surface area contributed by atoms with Gasteiger partial charge in [-0.3, -0.25) is 9.78 Å². The molecule has 4 rings (SSSR count). The van der Waals surface area contributed by atoms with Crippen molar-refractivity contribution in [3.63, 3.8) is 0 Å². The monoisotopic (exact) mass is 415 g/mol. The maximum absolute atomic E-state index is 12.3. The van der Waals surface area contributed by atoms with E-state index in [4.69, 9.17) is 4.74 Å². The number of carbonyl (C=O) groups is 1. The van der Waals surface area contributed by atoms with Crippen LogP contribution in [0.1, 0.15) is 16.8 Å². The number of nitrogens with one attached hydrogen (secondary N) is 1. The second-order valence-electron chi connectivity index (χ2n) is 6.58. The Kier molecular flexibility index (Phi) is 6.57. The summed E-state index contributed by atoms with van der Waals surface area (Å²) in [5.74, 6) is 0.677. The first kappa shape index (κ1) is 19.9. The van der Waals surface area contributed by atoms with E-state index in [9.17, 15) is 4.79 Å². The summed E-state index contributed by atoms with van der Waals surface area (Å²) in [6, 6.07) is 23.1. The minimum atomic E-state index is -0.0868. The van der Waals surface area contributed by atoms with E-state index < -0.39 is 0 Å². The molecule has 0 unspecified atom stereocenters. The van der Waals surface area contributed by atoms with E-state index >= 15 is 0 Å². The Morgan fingerprint density at radius 1 is 0.900 bits per heavy atom. The normalized spacial score (nSPS) is 10.7. The van der Waals surface area contributed by atoms with E-state index in [1.54, 1.807) is 24.2 Å². The van der Waals surface area contributed by atoms with E-state index in [1.165, 1.54) is 0 Å². The maximum Gasteiger partial charge on any atom is 0.251 e. The molecule has 0 aliphatic carbocycles. The van der Waals surface area contributed by atoms with Crippen LogP contribution < -0.4 is 10.1 Å². The second-order valence-corrected chi connectivity index (χ2v) is 7.68. The predicted octanol–water partition coefficient (Wildman–Crippen LogP) is 4.98. The predicted molar refractivity (Wildman–Crippen MR) is 119 cm³/mol. The lowest BCUT2D eigenvalue weighted by molar-refractivity contribution is 0.0951. The quantitative estimate of drug-likeness (QED) is 0.411. The molecule has 2 aromatic carbocycles. The number of nitrogens with zero attached hydrogens (tertiary/aromatic N) is 2. The second kappa shape index (κ2) is 9.89. The number of hydrogen-bond donors (Lipinski definition) is 1. The molecule has 2 heterocycles. The van der Waals surface area contributed by atoms with Crippen LogP contribution in [0.5, 0.6) is 5.75 Å². The first-order valence-corrected chi connectivity index (χ1v) is 10.5. The first-order valence-electron chi connectivity index (χ1n) is 9.73. The summed E-state index contributed by atoms with van der Waals surface area (Å²) in [6.07, 6.45) is 4.24. The number of ether oxygens (including phenoxy) is 1. The van der Waals surface area contributed by atoms with Crippen molar-refractivity contribution in [2.75, 3.05) is 13.2 Å². The van der Waals surface area contributed by atoms with Crippen LogP contribution in [0.4, 0.5) is 0 Å². The molecule has 0 saturated heterocycles. The lowest BCUT2D eigenvalue weighted by Gasteiger charge is -2.09. The third-order valence-electron chi connectivity index (χ3n) is 4.44. The molecular weight excluding hydrogens is 394 g/mol. The fourth-order valence-corrected chi connectivity index (χ4v) is 3.73. The van der Waals surface area contributed by atoms with Crippen LogP contribution in [0.25, 0.3) is 10.9 Å². The average molecular weight is 416 g/mol. The minimum absolute atomic E-state index is 0.0868. The molecule has 6 heteroatoms. The zero-order chi connectivity index (χ0) is 20.6. The van der Waals surface area contributed by atoms with E-state index in [2.05, 4.69) is 15.3 Å². The van der Waals surface area contributed by atoms with Crippen LogP contribution in [0.2, 0.25) is 0 Å². The topological polar surface area (TPSA) is 64.1 Å². The highest BCUT2D eigenvalue weighted by molar-refractivity contribution is 7.99. The van der Waals surface area contributed by atoms with Crippen molar-refractivity contribution in [1.29, 1.82) is 0 Å². The Morgan fingerprint density at radius 2 is 1.73 bits per heavy atom. The summed E-state index contributed by atoms with van der Waals surface area (Å²) >= 11 is 1.57. The van der Waals surface area contributed by atoms with Gasteiger partial charge in [-0.1, -0.05) is 36.0 Å². The van der Waals surface area contributed by atoms with Crippen LogP contribution in [-0.2, 0) is 0 Å². The molecule has 0 atom stereocenters. The number of hydrogen-bond acceptors (Lipinski definition) is 5. The highest BCUT2D eigenvalue weighted by atomic mass is 32.2. The van der Waals surface area contributed by atoms with Gasteiger partial charge < -0.3 is 10.1 Å². The van der Waals surface area contributed by atoms with Crippen LogP contribution in [0.15, 0.2) is 95.1 Å². The molecule has 0 bridgehead atoms. The molecule has 150 valence electrons. The summed E-state index contributed by atoms with van der Waals surface area (Å²) in [4.78, 5) is 22.1. The van der Waals surface area contributed by atoms with E-state index in [0.29, 0.717) is 25.1 Å². The third-order valence-corrected chi connectivity index (χ3v) is 5.40. The molecule has 1 N–H and O–H groups in total. The van der Waals surface area contributed by atoms with Crippen molar-refractivity contribution in [3.8, 4) is 5.75 Å². The highest BCUT2D eigenvalue weighted by Crippen LogP contribution is 2.25. The van der Waals surface area contributed by atoms with Gasteiger partial charge >= 0.3 is 0 Å². The van der Waals surface area contributed by atoms with Gasteiger partial charge in [-0.05, 0) is 55.0 Å². The Balaban J connectivity index is 1.23. The van der Waals surface area contributed by atoms with Gasteiger partial charge in [0, 0.05) is 34.8 Å². The molecule has 0 fully saturated rings. The van der Waals surface area contributed by atoms with Crippen LogP contribution in [-0.4, -0.2) is 29.0 Å². The molecule has 0 spiro atoms. The number of benzene rings is 2. The van der Waals surface area contributed by atoms with Gasteiger partial charge in [0.2, 0.25) is 0 Å². The SMILES string of the molecule is O=C(NCCCOc1cccc2cccnc12)c1ccc(Sc2ccccn2)cc1. The Hall–Kier alpha value is -3.38. The molecule has 4 aromatic rings. The van der Waals surface area contributed by atoms with Gasteiger partial charge in [0.05, 0.1) is 6.61 Å². The van der Waals surface area contributed by atoms with E-state index in [1.807, 2.05) is 72.8 Å². The molecule has 0 radical (unpaired) electrons. The lowest BCUT2D eigenvalue weighted by atomic mass is 10.2. The summed E-state index contributed by atoms with van der Waals surface area (Å²) in [6.45, 7) is 1.05. The summed E-state index contributed by atoms with van der Waals surface area (Å²) in [5.41, 5.74) is 1.49. The molecule has 0 saturated carbocycles. The highest BCUT2D eigenvalue weighted by Gasteiger charge is 2.06. The number of amides is 1. The Bertz CT molecular complexity index is 1110. The van der Waals surface area contributed by atoms with Gasteiger partial charge in [-0.2, -0.15) is 0 Å². The van der Waals surface area contributed by atoms with Gasteiger partial charge in [0.25, 0.3) is 5.91 Å². The average Bonchev–Trinajstić information content (AvgIpc) is 2.80. The van der Waals surface area contributed by atoms with Crippen molar-refractivity contribution in [2.24, 2.45) is 0 Å². The van der Waals surface area contributed by atoms with Crippen LogP contribution >= 0.6 is 11.8 Å². The molecule has 1 amide bonds.